The van der Waals surface area contributed by atoms with E-state index in [-0.39, 0.29) is 0 Å². The Kier molecular flexibility index (Phi) is 3.78. The molecule has 5 nitrogen and oxygen atoms in total. The summed E-state index contributed by atoms with van der Waals surface area (Å²) in [5.41, 5.74) is 2.13. The van der Waals surface area contributed by atoms with Crippen molar-refractivity contribution in [2.24, 2.45) is 0 Å². The molecular formula is C15H18N4O. The second kappa shape index (κ2) is 5.88. The molecule has 1 aliphatic heterocycles. The molecule has 0 radical (unpaired) electrons. The highest BCUT2D eigenvalue weighted by atomic mass is 16.5. The number of rotatable bonds is 3. The number of aromatic nitrogens is 2. The lowest BCUT2D eigenvalue weighted by Gasteiger charge is -2.20. The van der Waals surface area contributed by atoms with Crippen molar-refractivity contribution in [3.05, 3.63) is 47.9 Å². The summed E-state index contributed by atoms with van der Waals surface area (Å²) in [4.78, 5) is 11.1. The molecule has 3 rings (SSSR count). The maximum absolute atomic E-state index is 5.78. The minimum atomic E-state index is 0.662. The zero-order valence-electron chi connectivity index (χ0n) is 11.5. The fourth-order valence-electron chi connectivity index (χ4n) is 2.33. The van der Waals surface area contributed by atoms with Gasteiger partial charge in [-0.3, -0.25) is 4.98 Å². The lowest BCUT2D eigenvalue weighted by Crippen LogP contribution is -2.26. The van der Waals surface area contributed by atoms with Gasteiger partial charge in [0.2, 0.25) is 0 Å². The number of hydrogen-bond donors (Lipinski definition) is 1. The van der Waals surface area contributed by atoms with E-state index in [0.717, 1.165) is 36.9 Å². The van der Waals surface area contributed by atoms with Crippen LogP contribution >= 0.6 is 0 Å². The van der Waals surface area contributed by atoms with Crippen LogP contribution in [0.5, 0.6) is 5.75 Å². The molecule has 0 saturated heterocycles. The molecule has 0 bridgehead atoms. The molecular weight excluding hydrogens is 252 g/mol. The Morgan fingerprint density at radius 2 is 2.20 bits per heavy atom. The Bertz CT molecular complexity index is 588. The van der Waals surface area contributed by atoms with E-state index in [1.807, 2.05) is 31.4 Å². The lowest BCUT2D eigenvalue weighted by molar-refractivity contribution is 0.331. The second-order valence-electron chi connectivity index (χ2n) is 4.78. The molecule has 0 aliphatic carbocycles. The van der Waals surface area contributed by atoms with Gasteiger partial charge in [-0.1, -0.05) is 18.2 Å². The first-order valence-electron chi connectivity index (χ1n) is 6.78. The quantitative estimate of drug-likeness (QED) is 0.918. The van der Waals surface area contributed by atoms with E-state index in [2.05, 4.69) is 26.3 Å². The van der Waals surface area contributed by atoms with E-state index in [1.165, 1.54) is 5.56 Å². The van der Waals surface area contributed by atoms with Gasteiger partial charge in [-0.2, -0.15) is 0 Å². The van der Waals surface area contributed by atoms with Gasteiger partial charge in [0.1, 0.15) is 18.2 Å². The van der Waals surface area contributed by atoms with Crippen LogP contribution in [-0.2, 0) is 13.1 Å². The summed E-state index contributed by atoms with van der Waals surface area (Å²) in [6.45, 7) is 3.00. The van der Waals surface area contributed by atoms with Gasteiger partial charge in [-0.15, -0.1) is 0 Å². The summed E-state index contributed by atoms with van der Waals surface area (Å²) < 4.78 is 5.78. The monoisotopic (exact) mass is 270 g/mol. The first-order chi connectivity index (χ1) is 9.86. The van der Waals surface area contributed by atoms with Crippen molar-refractivity contribution in [3.8, 4) is 5.75 Å². The highest BCUT2D eigenvalue weighted by Gasteiger charge is 2.16. The number of nitrogens with one attached hydrogen (secondary N) is 1. The van der Waals surface area contributed by atoms with Gasteiger partial charge in [0.05, 0.1) is 18.4 Å². The maximum atomic E-state index is 5.78. The van der Waals surface area contributed by atoms with Crippen LogP contribution in [0, 0.1) is 0 Å². The van der Waals surface area contributed by atoms with Gasteiger partial charge in [0, 0.05) is 24.8 Å². The van der Waals surface area contributed by atoms with Crippen LogP contribution in [0.2, 0.25) is 0 Å². The van der Waals surface area contributed by atoms with Crippen LogP contribution in [0.15, 0.2) is 36.7 Å². The first kappa shape index (κ1) is 12.9. The van der Waals surface area contributed by atoms with Crippen LogP contribution in [0.3, 0.4) is 0 Å². The Hall–Kier alpha value is -2.14. The molecule has 0 saturated carbocycles. The Balaban J connectivity index is 1.85. The summed E-state index contributed by atoms with van der Waals surface area (Å²) in [6.07, 6.45) is 3.61. The van der Waals surface area contributed by atoms with E-state index in [1.54, 1.807) is 6.20 Å². The Morgan fingerprint density at radius 3 is 3.10 bits per heavy atom. The fraction of sp³-hybridized carbons (Fsp3) is 0.333. The summed E-state index contributed by atoms with van der Waals surface area (Å²) in [7, 11) is 1.91. The molecule has 2 aromatic rings. The van der Waals surface area contributed by atoms with Crippen molar-refractivity contribution in [1.82, 2.24) is 15.3 Å². The molecule has 0 amide bonds. The van der Waals surface area contributed by atoms with E-state index < -0.39 is 0 Å². The van der Waals surface area contributed by atoms with Gasteiger partial charge < -0.3 is 15.0 Å². The minimum absolute atomic E-state index is 0.662. The van der Waals surface area contributed by atoms with E-state index in [9.17, 15) is 0 Å². The minimum Gasteiger partial charge on any atom is -0.491 e. The molecule has 5 heteroatoms. The predicted octanol–water partition coefficient (Wildman–Crippen LogP) is 1.59. The third-order valence-electron chi connectivity index (χ3n) is 3.31. The number of anilines is 1. The molecule has 0 unspecified atom stereocenters. The maximum Gasteiger partial charge on any atom is 0.147 e. The number of hydrogen-bond acceptors (Lipinski definition) is 5. The van der Waals surface area contributed by atoms with Crippen molar-refractivity contribution in [3.63, 3.8) is 0 Å². The van der Waals surface area contributed by atoms with Crippen molar-refractivity contribution in [2.45, 2.75) is 13.1 Å². The summed E-state index contributed by atoms with van der Waals surface area (Å²) in [5.74, 6) is 1.87. The molecule has 1 aromatic carbocycles. The molecule has 2 heterocycles. The Morgan fingerprint density at radius 1 is 1.30 bits per heavy atom. The number of ether oxygens (including phenoxy) is 1. The van der Waals surface area contributed by atoms with Crippen molar-refractivity contribution in [1.29, 1.82) is 0 Å². The summed E-state index contributed by atoms with van der Waals surface area (Å²) in [6, 6.07) is 8.15. The van der Waals surface area contributed by atoms with Gasteiger partial charge in [0.15, 0.2) is 0 Å². The van der Waals surface area contributed by atoms with Crippen molar-refractivity contribution in [2.75, 3.05) is 25.1 Å². The van der Waals surface area contributed by atoms with E-state index in [4.69, 9.17) is 4.74 Å². The fourth-order valence-corrected chi connectivity index (χ4v) is 2.33. The van der Waals surface area contributed by atoms with E-state index in [0.29, 0.717) is 6.61 Å². The highest BCUT2D eigenvalue weighted by molar-refractivity contribution is 5.43. The molecule has 20 heavy (non-hydrogen) atoms. The van der Waals surface area contributed by atoms with Gasteiger partial charge >= 0.3 is 0 Å². The van der Waals surface area contributed by atoms with Crippen LogP contribution in [-0.4, -0.2) is 30.2 Å². The SMILES string of the molecule is CNCc1cncc(N2CCOc3ccccc3C2)n1. The van der Waals surface area contributed by atoms with Crippen LogP contribution in [0.25, 0.3) is 0 Å². The smallest absolute Gasteiger partial charge is 0.147 e. The lowest BCUT2D eigenvalue weighted by atomic mass is 10.2. The molecule has 1 aromatic heterocycles. The average molecular weight is 270 g/mol. The predicted molar refractivity (Wildman–Crippen MR) is 77.8 cm³/mol. The van der Waals surface area contributed by atoms with Crippen LogP contribution < -0.4 is 15.0 Å². The number of para-hydroxylation sites is 1. The molecule has 1 aliphatic rings. The standard InChI is InChI=1S/C15H18N4O/c1-16-8-13-9-17-10-15(18-13)19-6-7-20-14-5-3-2-4-12(14)11-19/h2-5,9-10,16H,6-8,11H2,1H3. The highest BCUT2D eigenvalue weighted by Crippen LogP contribution is 2.24. The largest absolute Gasteiger partial charge is 0.491 e. The zero-order valence-corrected chi connectivity index (χ0v) is 11.5. The molecule has 0 atom stereocenters. The summed E-state index contributed by atoms with van der Waals surface area (Å²) in [5, 5.41) is 3.10. The van der Waals surface area contributed by atoms with Gasteiger partial charge in [-0.05, 0) is 13.1 Å². The number of nitrogens with zero attached hydrogens (tertiary/aromatic N) is 3. The molecule has 104 valence electrons. The van der Waals surface area contributed by atoms with Gasteiger partial charge in [-0.25, -0.2) is 4.98 Å². The van der Waals surface area contributed by atoms with Crippen molar-refractivity contribution >= 4 is 5.82 Å². The topological polar surface area (TPSA) is 50.3 Å². The van der Waals surface area contributed by atoms with Crippen molar-refractivity contribution < 1.29 is 4.74 Å². The zero-order chi connectivity index (χ0) is 13.8. The second-order valence-corrected chi connectivity index (χ2v) is 4.78. The number of fused-ring (bicyclic) bond motifs is 1. The van der Waals surface area contributed by atoms with E-state index >= 15 is 0 Å². The normalized spacial score (nSPS) is 14.3. The molecule has 0 fully saturated rings. The number of benzene rings is 1. The Labute approximate surface area is 118 Å². The van der Waals surface area contributed by atoms with Gasteiger partial charge in [0.25, 0.3) is 0 Å². The first-order valence-corrected chi connectivity index (χ1v) is 6.78. The molecule has 1 N–H and O–H groups in total. The third kappa shape index (κ3) is 2.72. The summed E-state index contributed by atoms with van der Waals surface area (Å²) >= 11 is 0. The van der Waals surface area contributed by atoms with Crippen LogP contribution in [0.1, 0.15) is 11.3 Å². The molecule has 0 spiro atoms. The average Bonchev–Trinajstić information content (AvgIpc) is 2.70. The van der Waals surface area contributed by atoms with Crippen LogP contribution in [0.4, 0.5) is 5.82 Å². The third-order valence-corrected chi connectivity index (χ3v) is 3.31.